The van der Waals surface area contributed by atoms with Crippen LogP contribution in [0.4, 0.5) is 4.39 Å². The minimum absolute atomic E-state index is 0.00510. The van der Waals surface area contributed by atoms with Crippen LogP contribution in [0.3, 0.4) is 0 Å². The molecule has 2 atom stereocenters. The van der Waals surface area contributed by atoms with E-state index < -0.39 is 36.8 Å². The first-order valence-electron chi connectivity index (χ1n) is 8.15. The second kappa shape index (κ2) is 6.38. The predicted molar refractivity (Wildman–Crippen MR) is 90.0 cm³/mol. The van der Waals surface area contributed by atoms with Crippen molar-refractivity contribution in [2.24, 2.45) is 0 Å². The van der Waals surface area contributed by atoms with Gasteiger partial charge in [0.2, 0.25) is 0 Å². The van der Waals surface area contributed by atoms with E-state index in [-0.39, 0.29) is 22.0 Å². The molecule has 134 valence electrons. The number of aryl methyl sites for hydroxylation is 1. The fraction of sp³-hybridized carbons (Fsp3) is 0.625. The molecule has 2 heterocycles. The van der Waals surface area contributed by atoms with Crippen molar-refractivity contribution < 1.29 is 21.2 Å². The van der Waals surface area contributed by atoms with E-state index in [2.05, 4.69) is 0 Å². The molecule has 5 nitrogen and oxygen atoms in total. The van der Waals surface area contributed by atoms with E-state index in [0.717, 1.165) is 38.4 Å². The number of nitrogens with zero attached hydrogens (tertiary/aromatic N) is 1. The quantitative estimate of drug-likeness (QED) is 0.750. The molecule has 0 aliphatic carbocycles. The van der Waals surface area contributed by atoms with E-state index in [0.29, 0.717) is 0 Å². The van der Waals surface area contributed by atoms with Gasteiger partial charge in [0, 0.05) is 6.04 Å². The molecular formula is C16H22FNO4S2. The van der Waals surface area contributed by atoms with Gasteiger partial charge in [-0.25, -0.2) is 21.2 Å². The Morgan fingerprint density at radius 3 is 2.42 bits per heavy atom. The van der Waals surface area contributed by atoms with Gasteiger partial charge in [0.1, 0.15) is 5.82 Å². The average Bonchev–Trinajstić information content (AvgIpc) is 2.87. The number of rotatable bonds is 3. The van der Waals surface area contributed by atoms with Crippen molar-refractivity contribution in [3.8, 4) is 0 Å². The maximum Gasteiger partial charge on any atom is 0.183 e. The number of benzene rings is 1. The highest BCUT2D eigenvalue weighted by molar-refractivity contribution is 7.96. The lowest BCUT2D eigenvalue weighted by Crippen LogP contribution is -2.48. The van der Waals surface area contributed by atoms with Crippen molar-refractivity contribution in [3.05, 3.63) is 29.6 Å². The van der Waals surface area contributed by atoms with Crippen molar-refractivity contribution >= 4 is 19.7 Å². The number of piperidine rings is 1. The SMILES string of the molecule is Cc1cc(S(=O)(=O)[C@H]2CS(=O)(=O)C[C@@H]2N2CCCCC2)ccc1F. The first-order chi connectivity index (χ1) is 11.2. The van der Waals surface area contributed by atoms with Crippen molar-refractivity contribution in [3.63, 3.8) is 0 Å². The van der Waals surface area contributed by atoms with Crippen molar-refractivity contribution in [2.75, 3.05) is 24.6 Å². The van der Waals surface area contributed by atoms with E-state index in [9.17, 15) is 21.2 Å². The molecule has 0 N–H and O–H groups in total. The van der Waals surface area contributed by atoms with Crippen LogP contribution in [-0.2, 0) is 19.7 Å². The molecule has 0 spiro atoms. The van der Waals surface area contributed by atoms with Gasteiger partial charge in [-0.2, -0.15) is 0 Å². The van der Waals surface area contributed by atoms with Gasteiger partial charge >= 0.3 is 0 Å². The summed E-state index contributed by atoms with van der Waals surface area (Å²) in [6, 6.07) is 3.14. The third-order valence-corrected chi connectivity index (χ3v) is 9.10. The van der Waals surface area contributed by atoms with Crippen LogP contribution in [0, 0.1) is 12.7 Å². The summed E-state index contributed by atoms with van der Waals surface area (Å²) in [7, 11) is -7.23. The van der Waals surface area contributed by atoms with Gasteiger partial charge in [0.25, 0.3) is 0 Å². The number of halogens is 1. The zero-order valence-electron chi connectivity index (χ0n) is 13.6. The molecule has 0 saturated carbocycles. The number of hydrogen-bond donors (Lipinski definition) is 0. The van der Waals surface area contributed by atoms with Crippen molar-refractivity contribution in [1.82, 2.24) is 4.90 Å². The molecular weight excluding hydrogens is 353 g/mol. The highest BCUT2D eigenvalue weighted by Crippen LogP contribution is 2.31. The maximum atomic E-state index is 13.5. The van der Waals surface area contributed by atoms with Gasteiger partial charge in [-0.05, 0) is 56.6 Å². The molecule has 3 rings (SSSR count). The van der Waals surface area contributed by atoms with Crippen LogP contribution in [0.5, 0.6) is 0 Å². The van der Waals surface area contributed by atoms with Crippen LogP contribution in [-0.4, -0.2) is 57.6 Å². The lowest BCUT2D eigenvalue weighted by molar-refractivity contribution is 0.178. The molecule has 0 radical (unpaired) electrons. The normalized spacial score (nSPS) is 28.1. The summed E-state index contributed by atoms with van der Waals surface area (Å²) < 4.78 is 63.8. The molecule has 0 aromatic heterocycles. The lowest BCUT2D eigenvalue weighted by Gasteiger charge is -2.34. The molecule has 0 unspecified atom stereocenters. The van der Waals surface area contributed by atoms with Crippen LogP contribution in [0.2, 0.25) is 0 Å². The molecule has 2 fully saturated rings. The second-order valence-electron chi connectivity index (χ2n) is 6.74. The highest BCUT2D eigenvalue weighted by Gasteiger charge is 2.48. The summed E-state index contributed by atoms with van der Waals surface area (Å²) >= 11 is 0. The van der Waals surface area contributed by atoms with Crippen LogP contribution in [0.15, 0.2) is 23.1 Å². The lowest BCUT2D eigenvalue weighted by atomic mass is 10.1. The maximum absolute atomic E-state index is 13.5. The van der Waals surface area contributed by atoms with Gasteiger partial charge in [-0.1, -0.05) is 6.42 Å². The first-order valence-corrected chi connectivity index (χ1v) is 11.5. The zero-order chi connectivity index (χ0) is 17.5. The summed E-state index contributed by atoms with van der Waals surface area (Å²) in [6.07, 6.45) is 3.00. The van der Waals surface area contributed by atoms with Crippen LogP contribution in [0.1, 0.15) is 24.8 Å². The summed E-state index contributed by atoms with van der Waals surface area (Å²) in [5, 5.41) is -0.981. The minimum Gasteiger partial charge on any atom is -0.298 e. The smallest absolute Gasteiger partial charge is 0.183 e. The summed E-state index contributed by atoms with van der Waals surface area (Å²) in [5.41, 5.74) is 0.242. The molecule has 1 aromatic rings. The fourth-order valence-electron chi connectivity index (χ4n) is 3.65. The summed E-state index contributed by atoms with van der Waals surface area (Å²) in [5.74, 6) is -0.940. The van der Waals surface area contributed by atoms with E-state index in [1.165, 1.54) is 19.1 Å². The van der Waals surface area contributed by atoms with Crippen LogP contribution in [0.25, 0.3) is 0 Å². The van der Waals surface area contributed by atoms with Gasteiger partial charge < -0.3 is 0 Å². The van der Waals surface area contributed by atoms with Gasteiger partial charge in [-0.15, -0.1) is 0 Å². The first kappa shape index (κ1) is 17.8. The van der Waals surface area contributed by atoms with Crippen LogP contribution >= 0.6 is 0 Å². The van der Waals surface area contributed by atoms with Crippen molar-refractivity contribution in [1.29, 1.82) is 0 Å². The van der Waals surface area contributed by atoms with Crippen LogP contribution < -0.4 is 0 Å². The Bertz CT molecular complexity index is 830. The number of sulfone groups is 2. The van der Waals surface area contributed by atoms with E-state index >= 15 is 0 Å². The second-order valence-corrected chi connectivity index (χ2v) is 11.1. The highest BCUT2D eigenvalue weighted by atomic mass is 32.2. The molecule has 2 aliphatic heterocycles. The third-order valence-electron chi connectivity index (χ3n) is 4.99. The monoisotopic (exact) mass is 375 g/mol. The Hall–Kier alpha value is -0.990. The van der Waals surface area contributed by atoms with Gasteiger partial charge in [0.15, 0.2) is 19.7 Å². The number of likely N-dealkylation sites (tertiary alicyclic amines) is 1. The molecule has 2 saturated heterocycles. The molecule has 0 amide bonds. The molecule has 24 heavy (non-hydrogen) atoms. The van der Waals surface area contributed by atoms with E-state index in [1.54, 1.807) is 0 Å². The summed E-state index contributed by atoms with van der Waals surface area (Å²) in [6.45, 7) is 2.96. The molecule has 0 bridgehead atoms. The Balaban J connectivity index is 1.98. The predicted octanol–water partition coefficient (Wildman–Crippen LogP) is 1.56. The Kier molecular flexibility index (Phi) is 4.74. The topological polar surface area (TPSA) is 71.5 Å². The van der Waals surface area contributed by atoms with Gasteiger partial charge in [-0.3, -0.25) is 4.90 Å². The zero-order valence-corrected chi connectivity index (χ0v) is 15.2. The molecule has 8 heteroatoms. The molecule has 1 aromatic carbocycles. The number of hydrogen-bond acceptors (Lipinski definition) is 5. The van der Waals surface area contributed by atoms with Crippen molar-refractivity contribution in [2.45, 2.75) is 42.4 Å². The average molecular weight is 375 g/mol. The molecule has 2 aliphatic rings. The fourth-order valence-corrected chi connectivity index (χ4v) is 8.57. The van der Waals surface area contributed by atoms with E-state index in [1.807, 2.05) is 4.90 Å². The Morgan fingerprint density at radius 2 is 1.79 bits per heavy atom. The Labute approximate surface area is 142 Å². The largest absolute Gasteiger partial charge is 0.298 e. The summed E-state index contributed by atoms with van der Waals surface area (Å²) in [4.78, 5) is 2.01. The minimum atomic E-state index is -3.84. The third kappa shape index (κ3) is 3.36. The van der Waals surface area contributed by atoms with Gasteiger partial charge in [0.05, 0.1) is 21.7 Å². The standard InChI is InChI=1S/C16H22FNO4S2/c1-12-9-13(5-6-14(12)17)24(21,22)16-11-23(19,20)10-15(16)18-7-3-2-4-8-18/h5-6,9,15-16H,2-4,7-8,10-11H2,1H3/t15-,16-/m0/s1. The Morgan fingerprint density at radius 1 is 1.12 bits per heavy atom. The van der Waals surface area contributed by atoms with E-state index in [4.69, 9.17) is 0 Å².